The van der Waals surface area contributed by atoms with Crippen LogP contribution in [0.25, 0.3) is 11.0 Å². The third-order valence-electron chi connectivity index (χ3n) is 4.43. The number of aliphatic hydroxyl groups is 1. The molecule has 2 nitrogen and oxygen atoms in total. The number of hydrogen-bond donors (Lipinski definition) is 1. The van der Waals surface area contributed by atoms with Crippen molar-refractivity contribution in [2.24, 2.45) is 5.92 Å². The maximum Gasteiger partial charge on any atom is 0.137 e. The molecule has 2 unspecified atom stereocenters. The summed E-state index contributed by atoms with van der Waals surface area (Å²) in [4.78, 5) is 0. The Morgan fingerprint density at radius 1 is 1.37 bits per heavy atom. The Morgan fingerprint density at radius 3 is 3.00 bits per heavy atom. The molecule has 102 valence electrons. The van der Waals surface area contributed by atoms with Crippen LogP contribution >= 0.6 is 0 Å². The third-order valence-corrected chi connectivity index (χ3v) is 4.43. The van der Waals surface area contributed by atoms with Crippen LogP contribution in [-0.2, 0) is 5.60 Å². The van der Waals surface area contributed by atoms with Crippen molar-refractivity contribution in [1.29, 1.82) is 0 Å². The van der Waals surface area contributed by atoms with Crippen LogP contribution in [0.15, 0.2) is 28.7 Å². The minimum atomic E-state index is -0.886. The van der Waals surface area contributed by atoms with Gasteiger partial charge in [-0.15, -0.1) is 0 Å². The number of fused-ring (bicyclic) bond motifs is 1. The number of furan rings is 1. The second kappa shape index (κ2) is 4.64. The van der Waals surface area contributed by atoms with Crippen LogP contribution in [0.4, 0.5) is 4.39 Å². The lowest BCUT2D eigenvalue weighted by molar-refractivity contribution is -0.0709. The molecule has 1 aliphatic rings. The molecule has 1 saturated carbocycles. The highest BCUT2D eigenvalue weighted by molar-refractivity contribution is 5.78. The van der Waals surface area contributed by atoms with E-state index < -0.39 is 5.60 Å². The molecule has 2 aromatic rings. The average molecular weight is 262 g/mol. The van der Waals surface area contributed by atoms with Crippen LogP contribution in [0, 0.1) is 11.7 Å². The predicted octanol–water partition coefficient (Wildman–Crippen LogP) is 4.36. The van der Waals surface area contributed by atoms with Crippen molar-refractivity contribution in [2.75, 3.05) is 0 Å². The number of hydrogen-bond acceptors (Lipinski definition) is 2. The smallest absolute Gasteiger partial charge is 0.137 e. The van der Waals surface area contributed by atoms with Gasteiger partial charge in [-0.1, -0.05) is 26.2 Å². The van der Waals surface area contributed by atoms with Gasteiger partial charge in [0.1, 0.15) is 22.8 Å². The summed E-state index contributed by atoms with van der Waals surface area (Å²) in [7, 11) is 0. The van der Waals surface area contributed by atoms with Crippen LogP contribution in [-0.4, -0.2) is 5.11 Å². The van der Waals surface area contributed by atoms with Crippen LogP contribution in [0.5, 0.6) is 0 Å². The van der Waals surface area contributed by atoms with Gasteiger partial charge in [0.25, 0.3) is 0 Å². The summed E-state index contributed by atoms with van der Waals surface area (Å²) in [6.45, 7) is 2.10. The van der Waals surface area contributed by atoms with E-state index in [0.717, 1.165) is 37.5 Å². The average Bonchev–Trinajstić information content (AvgIpc) is 2.83. The molecular weight excluding hydrogens is 243 g/mol. The van der Waals surface area contributed by atoms with Gasteiger partial charge in [-0.2, -0.15) is 0 Å². The van der Waals surface area contributed by atoms with Gasteiger partial charge < -0.3 is 9.52 Å². The normalized spacial score (nSPS) is 27.8. The zero-order chi connectivity index (χ0) is 13.5. The quantitative estimate of drug-likeness (QED) is 0.872. The van der Waals surface area contributed by atoms with Crippen molar-refractivity contribution in [1.82, 2.24) is 0 Å². The summed E-state index contributed by atoms with van der Waals surface area (Å²) >= 11 is 0. The molecule has 2 atom stereocenters. The Kier molecular flexibility index (Phi) is 3.09. The molecule has 0 radical (unpaired) electrons. The van der Waals surface area contributed by atoms with Gasteiger partial charge in [0.15, 0.2) is 0 Å². The highest BCUT2D eigenvalue weighted by Gasteiger charge is 2.42. The SMILES string of the molecule is CCC1CCCCC1(O)c1cc2cc(F)ccc2o1. The first-order chi connectivity index (χ1) is 9.13. The summed E-state index contributed by atoms with van der Waals surface area (Å²) in [5.74, 6) is 0.550. The second-order valence-corrected chi connectivity index (χ2v) is 5.57. The van der Waals surface area contributed by atoms with E-state index in [9.17, 15) is 9.50 Å². The topological polar surface area (TPSA) is 33.4 Å². The minimum absolute atomic E-state index is 0.228. The molecule has 0 aliphatic heterocycles. The van der Waals surface area contributed by atoms with Crippen molar-refractivity contribution in [3.63, 3.8) is 0 Å². The van der Waals surface area contributed by atoms with Gasteiger partial charge in [-0.25, -0.2) is 4.39 Å². The maximum atomic E-state index is 13.2. The van der Waals surface area contributed by atoms with Crippen molar-refractivity contribution >= 4 is 11.0 Å². The van der Waals surface area contributed by atoms with E-state index >= 15 is 0 Å². The Hall–Kier alpha value is -1.35. The van der Waals surface area contributed by atoms with Gasteiger partial charge in [0.2, 0.25) is 0 Å². The fourth-order valence-corrected chi connectivity index (χ4v) is 3.32. The zero-order valence-electron chi connectivity index (χ0n) is 11.2. The van der Waals surface area contributed by atoms with Gasteiger partial charge in [0, 0.05) is 5.39 Å². The molecule has 1 fully saturated rings. The maximum absolute atomic E-state index is 13.2. The summed E-state index contributed by atoms with van der Waals surface area (Å²) in [5, 5.41) is 11.7. The van der Waals surface area contributed by atoms with Crippen LogP contribution in [0.2, 0.25) is 0 Å². The fraction of sp³-hybridized carbons (Fsp3) is 0.500. The lowest BCUT2D eigenvalue weighted by Crippen LogP contribution is -2.37. The van der Waals surface area contributed by atoms with E-state index in [1.807, 2.05) is 0 Å². The van der Waals surface area contributed by atoms with E-state index in [0.29, 0.717) is 11.3 Å². The molecular formula is C16H19FO2. The molecule has 1 heterocycles. The zero-order valence-corrected chi connectivity index (χ0v) is 11.2. The molecule has 1 aromatic carbocycles. The van der Waals surface area contributed by atoms with Gasteiger partial charge in [-0.3, -0.25) is 0 Å². The standard InChI is InChI=1S/C16H19FO2/c1-2-12-5-3-4-8-16(12,18)15-10-11-9-13(17)6-7-14(11)19-15/h6-7,9-10,12,18H,2-5,8H2,1H3. The molecule has 3 heteroatoms. The second-order valence-electron chi connectivity index (χ2n) is 5.57. The first-order valence-corrected chi connectivity index (χ1v) is 7.05. The van der Waals surface area contributed by atoms with E-state index in [1.54, 1.807) is 12.1 Å². The van der Waals surface area contributed by atoms with E-state index in [1.165, 1.54) is 12.1 Å². The van der Waals surface area contributed by atoms with Crippen LogP contribution in [0.1, 0.15) is 44.8 Å². The first kappa shape index (κ1) is 12.7. The van der Waals surface area contributed by atoms with Gasteiger partial charge >= 0.3 is 0 Å². The van der Waals surface area contributed by atoms with Crippen molar-refractivity contribution in [3.8, 4) is 0 Å². The fourth-order valence-electron chi connectivity index (χ4n) is 3.32. The lowest BCUT2D eigenvalue weighted by atomic mass is 9.73. The molecule has 19 heavy (non-hydrogen) atoms. The Labute approximate surface area is 112 Å². The first-order valence-electron chi connectivity index (χ1n) is 7.05. The summed E-state index contributed by atoms with van der Waals surface area (Å²) in [5.41, 5.74) is -0.243. The number of halogens is 1. The third kappa shape index (κ3) is 2.06. The van der Waals surface area contributed by atoms with Crippen LogP contribution in [0.3, 0.4) is 0 Å². The summed E-state index contributed by atoms with van der Waals surface area (Å²) < 4.78 is 19.0. The molecule has 0 bridgehead atoms. The minimum Gasteiger partial charge on any atom is -0.458 e. The molecule has 0 spiro atoms. The molecule has 1 N–H and O–H groups in total. The Bertz CT molecular complexity index is 589. The summed E-state index contributed by atoms with van der Waals surface area (Å²) in [6.07, 6.45) is 4.86. The largest absolute Gasteiger partial charge is 0.458 e. The molecule has 0 amide bonds. The summed E-state index contributed by atoms with van der Waals surface area (Å²) in [6, 6.07) is 6.26. The van der Waals surface area contributed by atoms with Gasteiger partial charge in [0.05, 0.1) is 0 Å². The Balaban J connectivity index is 2.06. The van der Waals surface area contributed by atoms with E-state index in [-0.39, 0.29) is 11.7 Å². The lowest BCUT2D eigenvalue weighted by Gasteiger charge is -2.38. The number of benzene rings is 1. The number of rotatable bonds is 2. The van der Waals surface area contributed by atoms with E-state index in [4.69, 9.17) is 4.42 Å². The monoisotopic (exact) mass is 262 g/mol. The van der Waals surface area contributed by atoms with Crippen molar-refractivity contribution in [3.05, 3.63) is 35.8 Å². The molecule has 1 aromatic heterocycles. The highest BCUT2D eigenvalue weighted by atomic mass is 19.1. The molecule has 1 aliphatic carbocycles. The van der Waals surface area contributed by atoms with Gasteiger partial charge in [-0.05, 0) is 43.0 Å². The highest BCUT2D eigenvalue weighted by Crippen LogP contribution is 2.44. The molecule has 0 saturated heterocycles. The molecule has 3 rings (SSSR count). The van der Waals surface area contributed by atoms with Crippen molar-refractivity contribution in [2.45, 2.75) is 44.6 Å². The van der Waals surface area contributed by atoms with E-state index in [2.05, 4.69) is 6.92 Å². The van der Waals surface area contributed by atoms with Crippen LogP contribution < -0.4 is 0 Å². The Morgan fingerprint density at radius 2 is 2.21 bits per heavy atom. The predicted molar refractivity (Wildman–Crippen MR) is 72.3 cm³/mol. The van der Waals surface area contributed by atoms with Crippen molar-refractivity contribution < 1.29 is 13.9 Å².